The molecule has 0 spiro atoms. The minimum atomic E-state index is -0.429. The lowest BCUT2D eigenvalue weighted by atomic mass is 10.2. The van der Waals surface area contributed by atoms with Gasteiger partial charge in [0.15, 0.2) is 0 Å². The number of rotatable bonds is 3. The predicted molar refractivity (Wildman–Crippen MR) is 62.7 cm³/mol. The van der Waals surface area contributed by atoms with Crippen LogP contribution in [0.15, 0.2) is 23.1 Å². The van der Waals surface area contributed by atoms with Crippen molar-refractivity contribution in [3.63, 3.8) is 0 Å². The summed E-state index contributed by atoms with van der Waals surface area (Å²) in [6, 6.07) is 4.61. The smallest absolute Gasteiger partial charge is 0.232 e. The Labute approximate surface area is 97.8 Å². The van der Waals surface area contributed by atoms with Gasteiger partial charge in [-0.25, -0.2) is 4.39 Å². The van der Waals surface area contributed by atoms with Crippen LogP contribution in [0.5, 0.6) is 0 Å². The molecule has 0 aliphatic carbocycles. The standard InChI is InChI=1S/C11H13FN2OS/c12-9-6-8(2-3-10(9)13)16-7-11(15)14-4-1-5-14/h2-3,6H,1,4-5,7,13H2. The van der Waals surface area contributed by atoms with E-state index in [9.17, 15) is 9.18 Å². The number of benzene rings is 1. The number of carbonyl (C=O) groups is 1. The fourth-order valence-electron chi connectivity index (χ4n) is 1.40. The van der Waals surface area contributed by atoms with Gasteiger partial charge in [0.25, 0.3) is 0 Å². The molecule has 16 heavy (non-hydrogen) atoms. The number of hydrogen-bond donors (Lipinski definition) is 1. The first kappa shape index (κ1) is 11.3. The molecule has 2 N–H and O–H groups in total. The fraction of sp³-hybridized carbons (Fsp3) is 0.364. The highest BCUT2D eigenvalue weighted by atomic mass is 32.2. The summed E-state index contributed by atoms with van der Waals surface area (Å²) in [5.74, 6) is 0.0541. The first-order valence-corrected chi connectivity index (χ1v) is 6.11. The van der Waals surface area contributed by atoms with Gasteiger partial charge in [-0.2, -0.15) is 0 Å². The predicted octanol–water partition coefficient (Wildman–Crippen LogP) is 1.73. The maximum Gasteiger partial charge on any atom is 0.232 e. The van der Waals surface area contributed by atoms with Crippen molar-refractivity contribution in [1.29, 1.82) is 0 Å². The molecule has 86 valence electrons. The number of likely N-dealkylation sites (tertiary alicyclic amines) is 1. The molecule has 1 amide bonds. The quantitative estimate of drug-likeness (QED) is 0.646. The van der Waals surface area contributed by atoms with Crippen molar-refractivity contribution in [3.8, 4) is 0 Å². The number of carbonyl (C=O) groups excluding carboxylic acids is 1. The Balaban J connectivity index is 1.89. The molecule has 3 nitrogen and oxygen atoms in total. The van der Waals surface area contributed by atoms with E-state index in [0.29, 0.717) is 5.75 Å². The Kier molecular flexibility index (Phi) is 3.33. The molecule has 1 aliphatic heterocycles. The van der Waals surface area contributed by atoms with E-state index in [0.717, 1.165) is 24.4 Å². The van der Waals surface area contributed by atoms with E-state index in [2.05, 4.69) is 0 Å². The van der Waals surface area contributed by atoms with Crippen LogP contribution in [0.4, 0.5) is 10.1 Å². The number of hydrogen-bond acceptors (Lipinski definition) is 3. The maximum atomic E-state index is 13.1. The second kappa shape index (κ2) is 4.74. The minimum absolute atomic E-state index is 0.119. The summed E-state index contributed by atoms with van der Waals surface area (Å²) in [5.41, 5.74) is 5.50. The Morgan fingerprint density at radius 2 is 2.25 bits per heavy atom. The summed E-state index contributed by atoms with van der Waals surface area (Å²) in [5, 5.41) is 0. The van der Waals surface area contributed by atoms with Crippen LogP contribution in [0.3, 0.4) is 0 Å². The Bertz CT molecular complexity index is 407. The molecule has 2 rings (SSSR count). The Morgan fingerprint density at radius 3 is 2.81 bits per heavy atom. The molecule has 1 fully saturated rings. The average Bonchev–Trinajstić information content (AvgIpc) is 2.17. The number of anilines is 1. The highest BCUT2D eigenvalue weighted by Crippen LogP contribution is 2.22. The molecule has 1 aromatic carbocycles. The van der Waals surface area contributed by atoms with Gasteiger partial charge < -0.3 is 10.6 Å². The monoisotopic (exact) mass is 240 g/mol. The van der Waals surface area contributed by atoms with Crippen LogP contribution in [-0.2, 0) is 4.79 Å². The van der Waals surface area contributed by atoms with E-state index < -0.39 is 5.82 Å². The molecule has 5 heteroatoms. The first-order valence-electron chi connectivity index (χ1n) is 5.12. The van der Waals surface area contributed by atoms with Gasteiger partial charge >= 0.3 is 0 Å². The molecule has 0 atom stereocenters. The zero-order valence-corrected chi connectivity index (χ0v) is 9.60. The van der Waals surface area contributed by atoms with Gasteiger partial charge in [0, 0.05) is 18.0 Å². The number of halogens is 1. The molecule has 1 saturated heterocycles. The third-order valence-corrected chi connectivity index (χ3v) is 3.52. The number of nitrogens with two attached hydrogens (primary N) is 1. The summed E-state index contributed by atoms with van der Waals surface area (Å²) in [6.45, 7) is 1.71. The number of nitrogens with zero attached hydrogens (tertiary/aromatic N) is 1. The van der Waals surface area contributed by atoms with Crippen molar-refractivity contribution < 1.29 is 9.18 Å². The number of thioether (sulfide) groups is 1. The zero-order chi connectivity index (χ0) is 11.5. The Morgan fingerprint density at radius 1 is 1.50 bits per heavy atom. The highest BCUT2D eigenvalue weighted by molar-refractivity contribution is 8.00. The second-order valence-electron chi connectivity index (χ2n) is 3.71. The third kappa shape index (κ3) is 2.47. The maximum absolute atomic E-state index is 13.1. The van der Waals surface area contributed by atoms with E-state index in [1.54, 1.807) is 11.0 Å². The van der Waals surface area contributed by atoms with Gasteiger partial charge in [-0.3, -0.25) is 4.79 Å². The lowest BCUT2D eigenvalue weighted by Gasteiger charge is -2.30. The fourth-order valence-corrected chi connectivity index (χ4v) is 2.22. The van der Waals surface area contributed by atoms with Crippen LogP contribution in [0.25, 0.3) is 0 Å². The normalized spacial score (nSPS) is 14.7. The molecule has 0 bridgehead atoms. The van der Waals surface area contributed by atoms with Crippen LogP contribution in [0.2, 0.25) is 0 Å². The van der Waals surface area contributed by atoms with Crippen LogP contribution in [0, 0.1) is 5.82 Å². The third-order valence-electron chi connectivity index (χ3n) is 2.54. The zero-order valence-electron chi connectivity index (χ0n) is 8.78. The first-order chi connectivity index (χ1) is 7.66. The highest BCUT2D eigenvalue weighted by Gasteiger charge is 2.19. The minimum Gasteiger partial charge on any atom is -0.396 e. The summed E-state index contributed by atoms with van der Waals surface area (Å²) in [4.78, 5) is 14.1. The lowest BCUT2D eigenvalue weighted by molar-refractivity contribution is -0.131. The number of amides is 1. The van der Waals surface area contributed by atoms with Crippen molar-refractivity contribution in [2.24, 2.45) is 0 Å². The summed E-state index contributed by atoms with van der Waals surface area (Å²) in [6.07, 6.45) is 1.09. The van der Waals surface area contributed by atoms with Gasteiger partial charge in [-0.05, 0) is 24.6 Å². The van der Waals surface area contributed by atoms with Crippen molar-refractivity contribution in [1.82, 2.24) is 4.90 Å². The number of nitrogen functional groups attached to an aromatic ring is 1. The van der Waals surface area contributed by atoms with E-state index in [1.165, 1.54) is 23.9 Å². The van der Waals surface area contributed by atoms with Gasteiger partial charge in [-0.1, -0.05) is 0 Å². The van der Waals surface area contributed by atoms with Gasteiger partial charge in [0.05, 0.1) is 11.4 Å². The SMILES string of the molecule is Nc1ccc(SCC(=O)N2CCC2)cc1F. The Hall–Kier alpha value is -1.23. The summed E-state index contributed by atoms with van der Waals surface area (Å²) in [7, 11) is 0. The largest absolute Gasteiger partial charge is 0.396 e. The van der Waals surface area contributed by atoms with Crippen LogP contribution in [0.1, 0.15) is 6.42 Å². The van der Waals surface area contributed by atoms with Gasteiger partial charge in [0.2, 0.25) is 5.91 Å². The van der Waals surface area contributed by atoms with E-state index in [-0.39, 0.29) is 11.6 Å². The molecule has 0 saturated carbocycles. The van der Waals surface area contributed by atoms with E-state index in [4.69, 9.17) is 5.73 Å². The molecule has 1 aliphatic rings. The van der Waals surface area contributed by atoms with Crippen LogP contribution < -0.4 is 5.73 Å². The van der Waals surface area contributed by atoms with Crippen molar-refractivity contribution in [3.05, 3.63) is 24.0 Å². The molecule has 1 heterocycles. The lowest BCUT2D eigenvalue weighted by Crippen LogP contribution is -2.42. The topological polar surface area (TPSA) is 46.3 Å². The molecular weight excluding hydrogens is 227 g/mol. The summed E-state index contributed by atoms with van der Waals surface area (Å²) < 4.78 is 13.1. The van der Waals surface area contributed by atoms with E-state index in [1.807, 2.05) is 0 Å². The van der Waals surface area contributed by atoms with Crippen molar-refractivity contribution in [2.75, 3.05) is 24.6 Å². The van der Waals surface area contributed by atoms with Crippen LogP contribution >= 0.6 is 11.8 Å². The molecule has 0 unspecified atom stereocenters. The molecule has 1 aromatic rings. The molecule has 0 aromatic heterocycles. The molecule has 0 radical (unpaired) electrons. The van der Waals surface area contributed by atoms with Gasteiger partial charge in [-0.15, -0.1) is 11.8 Å². The van der Waals surface area contributed by atoms with Crippen LogP contribution in [-0.4, -0.2) is 29.6 Å². The van der Waals surface area contributed by atoms with E-state index >= 15 is 0 Å². The molecular formula is C11H13FN2OS. The average molecular weight is 240 g/mol. The second-order valence-corrected chi connectivity index (χ2v) is 4.76. The van der Waals surface area contributed by atoms with Crippen molar-refractivity contribution in [2.45, 2.75) is 11.3 Å². The van der Waals surface area contributed by atoms with Crippen molar-refractivity contribution >= 4 is 23.4 Å². The summed E-state index contributed by atoms with van der Waals surface area (Å²) >= 11 is 1.34. The van der Waals surface area contributed by atoms with Gasteiger partial charge in [0.1, 0.15) is 5.82 Å².